The summed E-state index contributed by atoms with van der Waals surface area (Å²) in [5, 5.41) is 3.88. The second kappa shape index (κ2) is 5.05. The highest BCUT2D eigenvalue weighted by atomic mass is 79.9. The van der Waals surface area contributed by atoms with E-state index in [1.165, 1.54) is 12.1 Å². The van der Waals surface area contributed by atoms with E-state index >= 15 is 0 Å². The van der Waals surface area contributed by atoms with Gasteiger partial charge in [-0.05, 0) is 30.3 Å². The van der Waals surface area contributed by atoms with Crippen LogP contribution in [0.3, 0.4) is 0 Å². The van der Waals surface area contributed by atoms with Gasteiger partial charge in [-0.2, -0.15) is 4.98 Å². The highest BCUT2D eigenvalue weighted by Gasteiger charge is 2.13. The quantitative estimate of drug-likeness (QED) is 0.722. The molecule has 6 heteroatoms. The van der Waals surface area contributed by atoms with Crippen LogP contribution in [0.25, 0.3) is 22.8 Å². The number of nitrogen functional groups attached to an aromatic ring is 1. The second-order valence-electron chi connectivity index (χ2n) is 4.17. The first kappa shape index (κ1) is 12.8. The summed E-state index contributed by atoms with van der Waals surface area (Å²) in [6.07, 6.45) is 0. The number of benzene rings is 2. The minimum absolute atomic E-state index is 0.239. The smallest absolute Gasteiger partial charge is 0.258 e. The number of halogens is 2. The van der Waals surface area contributed by atoms with Crippen molar-refractivity contribution < 1.29 is 8.91 Å². The third-order valence-electron chi connectivity index (χ3n) is 2.74. The van der Waals surface area contributed by atoms with E-state index in [9.17, 15) is 4.39 Å². The number of rotatable bonds is 2. The molecule has 0 atom stereocenters. The molecule has 0 aliphatic carbocycles. The molecular formula is C14H9BrFN3O. The lowest BCUT2D eigenvalue weighted by Gasteiger charge is -1.98. The third kappa shape index (κ3) is 2.42. The van der Waals surface area contributed by atoms with Gasteiger partial charge in [0, 0.05) is 21.3 Å². The summed E-state index contributed by atoms with van der Waals surface area (Å²) >= 11 is 3.22. The number of nitrogens with zero attached hydrogens (tertiary/aromatic N) is 2. The Bertz CT molecular complexity index is 752. The van der Waals surface area contributed by atoms with E-state index in [-0.39, 0.29) is 11.7 Å². The lowest BCUT2D eigenvalue weighted by atomic mass is 10.1. The zero-order valence-corrected chi connectivity index (χ0v) is 11.8. The van der Waals surface area contributed by atoms with Gasteiger partial charge in [-0.25, -0.2) is 4.39 Å². The summed E-state index contributed by atoms with van der Waals surface area (Å²) in [6.45, 7) is 0. The summed E-state index contributed by atoms with van der Waals surface area (Å²) < 4.78 is 19.1. The molecule has 0 aliphatic heterocycles. The lowest BCUT2D eigenvalue weighted by Crippen LogP contribution is -1.90. The van der Waals surface area contributed by atoms with Crippen molar-refractivity contribution >= 4 is 21.6 Å². The summed E-state index contributed by atoms with van der Waals surface area (Å²) in [5.74, 6) is 0.232. The standard InChI is InChI=1S/C14H9BrFN3O/c15-9-5-8(6-10(16)7-9)14-18-13(19-20-14)11-3-1-2-4-12(11)17/h1-7H,17H2. The SMILES string of the molecule is Nc1ccccc1-c1noc(-c2cc(F)cc(Br)c2)n1. The predicted molar refractivity (Wildman–Crippen MR) is 77.2 cm³/mol. The van der Waals surface area contributed by atoms with Crippen molar-refractivity contribution in [1.29, 1.82) is 0 Å². The number of para-hydroxylation sites is 1. The number of nitrogens with two attached hydrogens (primary N) is 1. The van der Waals surface area contributed by atoms with Gasteiger partial charge in [0.25, 0.3) is 5.89 Å². The van der Waals surface area contributed by atoms with Gasteiger partial charge in [-0.3, -0.25) is 0 Å². The third-order valence-corrected chi connectivity index (χ3v) is 3.20. The normalized spacial score (nSPS) is 10.7. The number of aromatic nitrogens is 2. The molecule has 1 aromatic heterocycles. The topological polar surface area (TPSA) is 64.9 Å². The maximum absolute atomic E-state index is 13.4. The minimum Gasteiger partial charge on any atom is -0.398 e. The van der Waals surface area contributed by atoms with Crippen molar-refractivity contribution in [3.63, 3.8) is 0 Å². The van der Waals surface area contributed by atoms with Crippen LogP contribution in [0.2, 0.25) is 0 Å². The first-order chi connectivity index (χ1) is 9.63. The molecular weight excluding hydrogens is 325 g/mol. The lowest BCUT2D eigenvalue weighted by molar-refractivity contribution is 0.432. The van der Waals surface area contributed by atoms with Gasteiger partial charge >= 0.3 is 0 Å². The van der Waals surface area contributed by atoms with Crippen LogP contribution in [0.4, 0.5) is 10.1 Å². The maximum Gasteiger partial charge on any atom is 0.258 e. The van der Waals surface area contributed by atoms with Gasteiger partial charge in [0.1, 0.15) is 5.82 Å². The summed E-state index contributed by atoms with van der Waals surface area (Å²) in [5.41, 5.74) is 7.60. The number of hydrogen-bond donors (Lipinski definition) is 1. The van der Waals surface area contributed by atoms with Crippen LogP contribution < -0.4 is 5.73 Å². The first-order valence-electron chi connectivity index (χ1n) is 5.78. The molecule has 4 nitrogen and oxygen atoms in total. The monoisotopic (exact) mass is 333 g/mol. The fourth-order valence-electron chi connectivity index (χ4n) is 1.83. The van der Waals surface area contributed by atoms with Crippen molar-refractivity contribution in [3.05, 3.63) is 52.8 Å². The van der Waals surface area contributed by atoms with Gasteiger partial charge in [-0.15, -0.1) is 0 Å². The zero-order chi connectivity index (χ0) is 14.1. The van der Waals surface area contributed by atoms with E-state index in [0.717, 1.165) is 0 Å². The minimum atomic E-state index is -0.381. The van der Waals surface area contributed by atoms with Crippen LogP contribution in [0, 0.1) is 5.82 Å². The van der Waals surface area contributed by atoms with Crippen molar-refractivity contribution in [2.75, 3.05) is 5.73 Å². The molecule has 3 rings (SSSR count). The van der Waals surface area contributed by atoms with Gasteiger partial charge in [0.15, 0.2) is 0 Å². The van der Waals surface area contributed by atoms with Crippen LogP contribution in [0.15, 0.2) is 51.5 Å². The molecule has 0 unspecified atom stereocenters. The van der Waals surface area contributed by atoms with E-state index in [0.29, 0.717) is 27.1 Å². The Morgan fingerprint density at radius 2 is 1.95 bits per heavy atom. The molecule has 2 N–H and O–H groups in total. The van der Waals surface area contributed by atoms with E-state index in [2.05, 4.69) is 26.1 Å². The first-order valence-corrected chi connectivity index (χ1v) is 6.58. The molecule has 3 aromatic rings. The van der Waals surface area contributed by atoms with E-state index in [1.54, 1.807) is 18.2 Å². The Kier molecular flexibility index (Phi) is 3.23. The molecule has 100 valence electrons. The molecule has 1 heterocycles. The maximum atomic E-state index is 13.4. The van der Waals surface area contributed by atoms with E-state index in [1.807, 2.05) is 12.1 Å². The molecule has 0 saturated carbocycles. The van der Waals surface area contributed by atoms with Crippen LogP contribution in [0.5, 0.6) is 0 Å². The molecule has 0 bridgehead atoms. The average Bonchev–Trinajstić information content (AvgIpc) is 2.87. The second-order valence-corrected chi connectivity index (χ2v) is 5.08. The van der Waals surface area contributed by atoms with Gasteiger partial charge < -0.3 is 10.3 Å². The van der Waals surface area contributed by atoms with Crippen molar-refractivity contribution in [3.8, 4) is 22.8 Å². The van der Waals surface area contributed by atoms with Crippen molar-refractivity contribution in [1.82, 2.24) is 10.1 Å². The van der Waals surface area contributed by atoms with E-state index in [4.69, 9.17) is 10.3 Å². The molecule has 2 aromatic carbocycles. The Hall–Kier alpha value is -2.21. The Balaban J connectivity index is 2.04. The Morgan fingerprint density at radius 1 is 1.15 bits per heavy atom. The fraction of sp³-hybridized carbons (Fsp3) is 0. The number of anilines is 1. The average molecular weight is 334 g/mol. The molecule has 0 amide bonds. The Labute approximate surface area is 122 Å². The van der Waals surface area contributed by atoms with Crippen molar-refractivity contribution in [2.24, 2.45) is 0 Å². The van der Waals surface area contributed by atoms with Gasteiger partial charge in [-0.1, -0.05) is 33.2 Å². The van der Waals surface area contributed by atoms with Crippen LogP contribution in [-0.4, -0.2) is 10.1 Å². The molecule has 0 spiro atoms. The molecule has 0 fully saturated rings. The van der Waals surface area contributed by atoms with Gasteiger partial charge in [0.05, 0.1) is 0 Å². The van der Waals surface area contributed by atoms with Crippen molar-refractivity contribution in [2.45, 2.75) is 0 Å². The largest absolute Gasteiger partial charge is 0.398 e. The van der Waals surface area contributed by atoms with Crippen LogP contribution in [0.1, 0.15) is 0 Å². The van der Waals surface area contributed by atoms with Gasteiger partial charge in [0.2, 0.25) is 5.82 Å². The van der Waals surface area contributed by atoms with Crippen LogP contribution in [-0.2, 0) is 0 Å². The summed E-state index contributed by atoms with van der Waals surface area (Å²) in [4.78, 5) is 4.25. The molecule has 0 radical (unpaired) electrons. The number of hydrogen-bond acceptors (Lipinski definition) is 4. The summed E-state index contributed by atoms with van der Waals surface area (Å²) in [7, 11) is 0. The molecule has 0 aliphatic rings. The van der Waals surface area contributed by atoms with Crippen LogP contribution >= 0.6 is 15.9 Å². The summed E-state index contributed by atoms with van der Waals surface area (Å²) in [6, 6.07) is 11.6. The highest BCUT2D eigenvalue weighted by Crippen LogP contribution is 2.27. The van der Waals surface area contributed by atoms with E-state index < -0.39 is 0 Å². The Morgan fingerprint density at radius 3 is 2.70 bits per heavy atom. The fourth-order valence-corrected chi connectivity index (χ4v) is 2.29. The zero-order valence-electron chi connectivity index (χ0n) is 10.2. The predicted octanol–water partition coefficient (Wildman–Crippen LogP) is 3.89. The molecule has 0 saturated heterocycles. The highest BCUT2D eigenvalue weighted by molar-refractivity contribution is 9.10. The molecule has 20 heavy (non-hydrogen) atoms.